The number of rotatable bonds is 0. The number of phenols is 2. The van der Waals surface area contributed by atoms with Crippen LogP contribution in [-0.2, 0) is 5.41 Å². The third-order valence-electron chi connectivity index (χ3n) is 1.82. The van der Waals surface area contributed by atoms with Crippen LogP contribution in [0.5, 0.6) is 11.5 Å². The van der Waals surface area contributed by atoms with Crippen LogP contribution in [0.15, 0.2) is 18.2 Å². The molecule has 0 saturated carbocycles. The number of phenolic OH excluding ortho intramolecular Hbond substituents is 2. The van der Waals surface area contributed by atoms with Crippen molar-refractivity contribution in [3.8, 4) is 11.5 Å². The Balaban J connectivity index is 0.00000144. The van der Waals surface area contributed by atoms with Crippen LogP contribution in [0, 0.1) is 0 Å². The van der Waals surface area contributed by atoms with Gasteiger partial charge in [0.2, 0.25) is 0 Å². The number of para-hydroxylation sites is 1. The van der Waals surface area contributed by atoms with Crippen molar-refractivity contribution in [1.29, 1.82) is 0 Å². The van der Waals surface area contributed by atoms with E-state index in [0.29, 0.717) is 0 Å². The normalized spacial score (nSPS) is 10.7. The van der Waals surface area contributed by atoms with Crippen LogP contribution in [0.1, 0.15) is 26.3 Å². The van der Waals surface area contributed by atoms with Gasteiger partial charge in [-0.25, -0.2) is 0 Å². The molecule has 1 aromatic rings. The Kier molecular flexibility index (Phi) is 3.32. The minimum Gasteiger partial charge on any atom is -0.504 e. The minimum absolute atomic E-state index is 0. The van der Waals surface area contributed by atoms with Gasteiger partial charge >= 0.3 is 0 Å². The lowest BCUT2D eigenvalue weighted by molar-refractivity contribution is 0.389. The molecule has 0 atom stereocenters. The molecule has 0 spiro atoms. The highest BCUT2D eigenvalue weighted by Crippen LogP contribution is 2.36. The van der Waals surface area contributed by atoms with Gasteiger partial charge in [0.25, 0.3) is 0 Å². The first-order valence-corrected chi connectivity index (χ1v) is 3.94. The summed E-state index contributed by atoms with van der Waals surface area (Å²) in [5, 5.41) is 18.7. The van der Waals surface area contributed by atoms with Gasteiger partial charge in [0.05, 0.1) is 0 Å². The second-order valence-electron chi connectivity index (χ2n) is 3.92. The summed E-state index contributed by atoms with van der Waals surface area (Å²) in [7, 11) is 0. The molecule has 0 aliphatic carbocycles. The molecule has 0 aliphatic heterocycles. The fourth-order valence-corrected chi connectivity index (χ4v) is 1.14. The SMILES string of the molecule is CC(C)(C)c1cccc(O)c1O.N. The van der Waals surface area contributed by atoms with E-state index >= 15 is 0 Å². The zero-order valence-corrected chi connectivity index (χ0v) is 8.33. The van der Waals surface area contributed by atoms with Gasteiger partial charge in [-0.2, -0.15) is 0 Å². The Morgan fingerprint density at radius 3 is 2.00 bits per heavy atom. The molecule has 0 unspecified atom stereocenters. The quantitative estimate of drug-likeness (QED) is 0.541. The zero-order chi connectivity index (χ0) is 9.35. The summed E-state index contributed by atoms with van der Waals surface area (Å²) in [5.74, 6) is -0.0626. The summed E-state index contributed by atoms with van der Waals surface area (Å²) in [6, 6.07) is 5.02. The van der Waals surface area contributed by atoms with Gasteiger partial charge in [-0.05, 0) is 11.5 Å². The van der Waals surface area contributed by atoms with Gasteiger partial charge in [0.1, 0.15) is 0 Å². The molecule has 0 heterocycles. The Morgan fingerprint density at radius 2 is 1.62 bits per heavy atom. The molecule has 0 aromatic heterocycles. The van der Waals surface area contributed by atoms with E-state index in [1.807, 2.05) is 26.8 Å². The molecule has 0 amide bonds. The van der Waals surface area contributed by atoms with Gasteiger partial charge in [0, 0.05) is 5.56 Å². The van der Waals surface area contributed by atoms with E-state index in [9.17, 15) is 10.2 Å². The molecule has 0 saturated heterocycles. The lowest BCUT2D eigenvalue weighted by Crippen LogP contribution is -2.10. The van der Waals surface area contributed by atoms with E-state index in [4.69, 9.17) is 0 Å². The molecule has 1 aromatic carbocycles. The van der Waals surface area contributed by atoms with Gasteiger partial charge in [-0.3, -0.25) is 0 Å². The van der Waals surface area contributed by atoms with Crippen molar-refractivity contribution < 1.29 is 10.2 Å². The summed E-state index contributed by atoms with van der Waals surface area (Å²) < 4.78 is 0. The van der Waals surface area contributed by atoms with E-state index in [2.05, 4.69) is 0 Å². The van der Waals surface area contributed by atoms with Gasteiger partial charge < -0.3 is 16.4 Å². The molecule has 13 heavy (non-hydrogen) atoms. The summed E-state index contributed by atoms with van der Waals surface area (Å²) >= 11 is 0. The van der Waals surface area contributed by atoms with E-state index in [1.165, 1.54) is 6.07 Å². The highest BCUT2D eigenvalue weighted by Gasteiger charge is 2.19. The highest BCUT2D eigenvalue weighted by molar-refractivity contribution is 5.47. The van der Waals surface area contributed by atoms with Gasteiger partial charge in [-0.15, -0.1) is 0 Å². The predicted octanol–water partition coefficient (Wildman–Crippen LogP) is 2.56. The maximum Gasteiger partial charge on any atom is 0.161 e. The molecule has 1 rings (SSSR count). The molecule has 5 N–H and O–H groups in total. The van der Waals surface area contributed by atoms with Crippen LogP contribution in [0.3, 0.4) is 0 Å². The Bertz CT molecular complexity index is 289. The van der Waals surface area contributed by atoms with Crippen LogP contribution in [0.25, 0.3) is 0 Å². The lowest BCUT2D eigenvalue weighted by atomic mass is 9.86. The number of benzene rings is 1. The number of aromatic hydroxyl groups is 2. The first-order chi connectivity index (χ1) is 5.43. The first kappa shape index (κ1) is 11.8. The average Bonchev–Trinajstić information content (AvgIpc) is 1.92. The topological polar surface area (TPSA) is 75.5 Å². The van der Waals surface area contributed by atoms with Crippen molar-refractivity contribution in [3.63, 3.8) is 0 Å². The summed E-state index contributed by atoms with van der Waals surface area (Å²) in [4.78, 5) is 0. The molecule has 0 bridgehead atoms. The van der Waals surface area contributed by atoms with Crippen molar-refractivity contribution in [1.82, 2.24) is 6.15 Å². The van der Waals surface area contributed by atoms with Crippen LogP contribution < -0.4 is 6.15 Å². The number of hydrogen-bond acceptors (Lipinski definition) is 3. The largest absolute Gasteiger partial charge is 0.504 e. The predicted molar refractivity (Wildman–Crippen MR) is 53.5 cm³/mol. The maximum atomic E-state index is 9.48. The molecule has 0 radical (unpaired) electrons. The van der Waals surface area contributed by atoms with Crippen molar-refractivity contribution in [3.05, 3.63) is 23.8 Å². The summed E-state index contributed by atoms with van der Waals surface area (Å²) in [5.41, 5.74) is 0.630. The second kappa shape index (κ2) is 3.66. The Labute approximate surface area is 78.6 Å². The standard InChI is InChI=1S/C10H14O2.H3N/c1-10(2,3)7-5-4-6-8(11)9(7)12;/h4-6,11-12H,1-3H3;1H3. The molecule has 74 valence electrons. The number of hydrogen-bond donors (Lipinski definition) is 3. The fourth-order valence-electron chi connectivity index (χ4n) is 1.14. The van der Waals surface area contributed by atoms with E-state index in [1.54, 1.807) is 6.07 Å². The third kappa shape index (κ3) is 2.36. The first-order valence-electron chi connectivity index (χ1n) is 3.94. The van der Waals surface area contributed by atoms with E-state index < -0.39 is 0 Å². The lowest BCUT2D eigenvalue weighted by Gasteiger charge is -2.20. The molecule has 0 fully saturated rings. The van der Waals surface area contributed by atoms with Crippen molar-refractivity contribution in [2.75, 3.05) is 0 Å². The van der Waals surface area contributed by atoms with Crippen molar-refractivity contribution >= 4 is 0 Å². The van der Waals surface area contributed by atoms with Crippen LogP contribution in [-0.4, -0.2) is 10.2 Å². The van der Waals surface area contributed by atoms with Crippen molar-refractivity contribution in [2.24, 2.45) is 0 Å². The summed E-state index contributed by atoms with van der Waals surface area (Å²) in [6.07, 6.45) is 0. The maximum absolute atomic E-state index is 9.48. The monoisotopic (exact) mass is 183 g/mol. The second-order valence-corrected chi connectivity index (χ2v) is 3.92. The molecule has 0 aliphatic rings. The van der Waals surface area contributed by atoms with E-state index in [0.717, 1.165) is 5.56 Å². The van der Waals surface area contributed by atoms with Crippen molar-refractivity contribution in [2.45, 2.75) is 26.2 Å². The molecular formula is C10H17NO2. The van der Waals surface area contributed by atoms with Crippen LogP contribution >= 0.6 is 0 Å². The smallest absolute Gasteiger partial charge is 0.161 e. The minimum atomic E-state index is -0.136. The zero-order valence-electron chi connectivity index (χ0n) is 8.33. The Hall–Kier alpha value is -1.22. The van der Waals surface area contributed by atoms with Gasteiger partial charge in [-0.1, -0.05) is 32.9 Å². The Morgan fingerprint density at radius 1 is 1.08 bits per heavy atom. The highest BCUT2D eigenvalue weighted by atomic mass is 16.3. The summed E-state index contributed by atoms with van der Waals surface area (Å²) in [6.45, 7) is 5.96. The molecule has 3 nitrogen and oxygen atoms in total. The van der Waals surface area contributed by atoms with Crippen LogP contribution in [0.4, 0.5) is 0 Å². The van der Waals surface area contributed by atoms with E-state index in [-0.39, 0.29) is 23.1 Å². The third-order valence-corrected chi connectivity index (χ3v) is 1.82. The molecule has 3 heteroatoms. The molecular weight excluding hydrogens is 166 g/mol. The van der Waals surface area contributed by atoms with Crippen LogP contribution in [0.2, 0.25) is 0 Å². The fraction of sp³-hybridized carbons (Fsp3) is 0.400. The van der Waals surface area contributed by atoms with Gasteiger partial charge in [0.15, 0.2) is 11.5 Å². The average molecular weight is 183 g/mol.